The van der Waals surface area contributed by atoms with E-state index in [0.717, 1.165) is 35.2 Å². The molecule has 4 heteroatoms. The molecular formula is C24H30N2O2. The van der Waals surface area contributed by atoms with Crippen LogP contribution in [0.2, 0.25) is 0 Å². The Morgan fingerprint density at radius 1 is 1.39 bits per heavy atom. The molecule has 5 rings (SSSR count). The lowest BCUT2D eigenvalue weighted by molar-refractivity contribution is -0.131. The Labute approximate surface area is 167 Å². The third kappa shape index (κ3) is 1.73. The molecule has 0 amide bonds. The number of pyridine rings is 1. The summed E-state index contributed by atoms with van der Waals surface area (Å²) in [6.07, 6.45) is 6.98. The van der Waals surface area contributed by atoms with Crippen LogP contribution in [0.1, 0.15) is 45.6 Å². The topological polar surface area (TPSA) is 45.6 Å². The van der Waals surface area contributed by atoms with Gasteiger partial charge in [-0.25, -0.2) is 0 Å². The van der Waals surface area contributed by atoms with Gasteiger partial charge in [0.05, 0.1) is 18.2 Å². The second kappa shape index (κ2) is 5.37. The number of ether oxygens (including phenoxy) is 1. The van der Waals surface area contributed by atoms with Crippen LogP contribution >= 0.6 is 0 Å². The predicted octanol–water partition coefficient (Wildman–Crippen LogP) is 4.27. The van der Waals surface area contributed by atoms with Crippen molar-refractivity contribution in [1.82, 2.24) is 9.88 Å². The minimum Gasteiger partial charge on any atom is -0.497 e. The van der Waals surface area contributed by atoms with Gasteiger partial charge in [-0.3, -0.25) is 9.88 Å². The van der Waals surface area contributed by atoms with Crippen LogP contribution in [0, 0.1) is 11.3 Å². The maximum absolute atomic E-state index is 12.2. The van der Waals surface area contributed by atoms with Gasteiger partial charge in [0.1, 0.15) is 11.4 Å². The molecule has 5 atom stereocenters. The van der Waals surface area contributed by atoms with Crippen molar-refractivity contribution >= 4 is 10.9 Å². The van der Waals surface area contributed by atoms with Crippen LogP contribution in [0.25, 0.3) is 10.9 Å². The number of fused-ring (bicyclic) bond motifs is 1. The highest BCUT2D eigenvalue weighted by Crippen LogP contribution is 2.81. The van der Waals surface area contributed by atoms with Crippen LogP contribution in [-0.2, 0) is 5.60 Å². The summed E-state index contributed by atoms with van der Waals surface area (Å²) in [6, 6.07) is 7.79. The zero-order valence-corrected chi connectivity index (χ0v) is 17.3. The monoisotopic (exact) mass is 378 g/mol. The summed E-state index contributed by atoms with van der Waals surface area (Å²) in [6.45, 7) is 12.1. The van der Waals surface area contributed by atoms with E-state index in [9.17, 15) is 5.11 Å². The van der Waals surface area contributed by atoms with Gasteiger partial charge in [-0.1, -0.05) is 26.5 Å². The number of aliphatic hydroxyl groups is 1. The van der Waals surface area contributed by atoms with E-state index in [-0.39, 0.29) is 11.1 Å². The van der Waals surface area contributed by atoms with Gasteiger partial charge in [0.25, 0.3) is 0 Å². The van der Waals surface area contributed by atoms with E-state index in [0.29, 0.717) is 11.3 Å². The van der Waals surface area contributed by atoms with Gasteiger partial charge < -0.3 is 9.84 Å². The average Bonchev–Trinajstić information content (AvgIpc) is 3.17. The molecule has 148 valence electrons. The van der Waals surface area contributed by atoms with E-state index in [2.05, 4.69) is 37.2 Å². The molecule has 3 fully saturated rings. The predicted molar refractivity (Wildman–Crippen MR) is 111 cm³/mol. The van der Waals surface area contributed by atoms with Gasteiger partial charge in [0, 0.05) is 29.2 Å². The Kier molecular flexibility index (Phi) is 3.48. The van der Waals surface area contributed by atoms with Crippen LogP contribution in [0.3, 0.4) is 0 Å². The molecule has 3 aliphatic rings. The molecule has 28 heavy (non-hydrogen) atoms. The SMILES string of the molecule is C=C[C@](O)(c1ccnc2ccc(OC)cc12)[C@@]1(C)CC2C3(CCN31)[C@]2(C)CC. The highest BCUT2D eigenvalue weighted by atomic mass is 16.5. The molecule has 1 aromatic heterocycles. The molecule has 2 aromatic rings. The lowest BCUT2D eigenvalue weighted by Crippen LogP contribution is -2.67. The highest BCUT2D eigenvalue weighted by molar-refractivity contribution is 5.85. The van der Waals surface area contributed by atoms with E-state index >= 15 is 0 Å². The lowest BCUT2D eigenvalue weighted by atomic mass is 9.69. The Bertz CT molecular complexity index is 990. The first-order chi connectivity index (χ1) is 13.3. The molecule has 2 unspecified atom stereocenters. The number of benzene rings is 1. The summed E-state index contributed by atoms with van der Waals surface area (Å²) >= 11 is 0. The van der Waals surface area contributed by atoms with E-state index in [1.165, 1.54) is 12.8 Å². The Morgan fingerprint density at radius 3 is 2.75 bits per heavy atom. The van der Waals surface area contributed by atoms with Gasteiger partial charge in [-0.2, -0.15) is 0 Å². The van der Waals surface area contributed by atoms with Crippen molar-refractivity contribution in [3.63, 3.8) is 0 Å². The minimum absolute atomic E-state index is 0.272. The zero-order valence-electron chi connectivity index (χ0n) is 17.3. The van der Waals surface area contributed by atoms with Crippen molar-refractivity contribution in [1.29, 1.82) is 0 Å². The fraction of sp³-hybridized carbons (Fsp3) is 0.542. The molecule has 1 saturated carbocycles. The van der Waals surface area contributed by atoms with Crippen LogP contribution in [-0.4, -0.2) is 39.7 Å². The van der Waals surface area contributed by atoms with Crippen molar-refractivity contribution in [3.8, 4) is 5.75 Å². The van der Waals surface area contributed by atoms with E-state index in [4.69, 9.17) is 4.74 Å². The van der Waals surface area contributed by atoms with E-state index in [1.807, 2.05) is 24.3 Å². The molecule has 1 aromatic carbocycles. The third-order valence-corrected chi connectivity index (χ3v) is 8.86. The first-order valence-corrected chi connectivity index (χ1v) is 10.4. The van der Waals surface area contributed by atoms with Crippen LogP contribution in [0.5, 0.6) is 5.75 Å². The largest absolute Gasteiger partial charge is 0.497 e. The molecule has 2 saturated heterocycles. The molecule has 1 aliphatic carbocycles. The molecular weight excluding hydrogens is 348 g/mol. The van der Waals surface area contributed by atoms with Gasteiger partial charge in [0.2, 0.25) is 0 Å². The summed E-state index contributed by atoms with van der Waals surface area (Å²) in [7, 11) is 1.66. The summed E-state index contributed by atoms with van der Waals surface area (Å²) < 4.78 is 5.44. The summed E-state index contributed by atoms with van der Waals surface area (Å²) in [5.41, 5.74) is 0.863. The van der Waals surface area contributed by atoms with Crippen molar-refractivity contribution in [2.24, 2.45) is 11.3 Å². The molecule has 4 nitrogen and oxygen atoms in total. The van der Waals surface area contributed by atoms with Gasteiger partial charge in [-0.15, -0.1) is 0 Å². The first-order valence-electron chi connectivity index (χ1n) is 10.4. The standard InChI is InChI=1S/C24H30N2O2/c1-6-21(3)20-15-22(4,26-13-11-23(20,21)26)24(27,7-2)18-10-12-25-19-9-8-16(28-5)14-17(18)19/h7-10,12,14,20,27H,2,6,11,13,15H2,1,3-5H3/t20?,21-,22-,23?,24+/m1/s1. The summed E-state index contributed by atoms with van der Waals surface area (Å²) in [4.78, 5) is 7.11. The number of methoxy groups -OCH3 is 1. The van der Waals surface area contributed by atoms with Crippen molar-refractivity contribution in [3.05, 3.63) is 48.7 Å². The quantitative estimate of drug-likeness (QED) is 0.789. The average molecular weight is 379 g/mol. The number of hydrogen-bond acceptors (Lipinski definition) is 4. The number of rotatable bonds is 5. The highest BCUT2D eigenvalue weighted by Gasteiger charge is 2.86. The minimum atomic E-state index is -1.16. The van der Waals surface area contributed by atoms with Crippen molar-refractivity contribution in [2.45, 2.75) is 56.7 Å². The van der Waals surface area contributed by atoms with Crippen LogP contribution in [0.15, 0.2) is 43.1 Å². The molecule has 0 bridgehead atoms. The second-order valence-corrected chi connectivity index (χ2v) is 9.34. The second-order valence-electron chi connectivity index (χ2n) is 9.34. The van der Waals surface area contributed by atoms with Gasteiger partial charge >= 0.3 is 0 Å². The smallest absolute Gasteiger partial charge is 0.126 e. The van der Waals surface area contributed by atoms with Gasteiger partial charge in [-0.05, 0) is 61.8 Å². The maximum Gasteiger partial charge on any atom is 0.126 e. The molecule has 1 N–H and O–H groups in total. The lowest BCUT2D eigenvalue weighted by Gasteiger charge is -2.57. The Hall–Kier alpha value is -1.91. The Balaban J connectivity index is 1.66. The number of hydrogen-bond donors (Lipinski definition) is 1. The van der Waals surface area contributed by atoms with Crippen LogP contribution in [0.4, 0.5) is 0 Å². The number of piperidine rings is 1. The van der Waals surface area contributed by atoms with Crippen molar-refractivity contribution in [2.75, 3.05) is 13.7 Å². The van der Waals surface area contributed by atoms with E-state index < -0.39 is 5.60 Å². The zero-order chi connectivity index (χ0) is 19.9. The van der Waals surface area contributed by atoms with E-state index in [1.54, 1.807) is 19.4 Å². The fourth-order valence-corrected chi connectivity index (χ4v) is 6.97. The molecule has 0 radical (unpaired) electrons. The molecule has 1 spiro atoms. The Morgan fingerprint density at radius 2 is 2.18 bits per heavy atom. The maximum atomic E-state index is 12.2. The molecule has 2 aliphatic heterocycles. The summed E-state index contributed by atoms with van der Waals surface area (Å²) in [5, 5.41) is 13.1. The number of nitrogens with zero attached hydrogens (tertiary/aromatic N) is 2. The normalized spacial score (nSPS) is 38.2. The number of aromatic nitrogens is 1. The van der Waals surface area contributed by atoms with Gasteiger partial charge in [0.15, 0.2) is 0 Å². The molecule has 3 heterocycles. The van der Waals surface area contributed by atoms with Crippen LogP contribution < -0.4 is 4.74 Å². The third-order valence-electron chi connectivity index (χ3n) is 8.86. The summed E-state index contributed by atoms with van der Waals surface area (Å²) in [5.74, 6) is 1.42. The first kappa shape index (κ1) is 18.1. The fourth-order valence-electron chi connectivity index (χ4n) is 6.97. The van der Waals surface area contributed by atoms with Crippen molar-refractivity contribution < 1.29 is 9.84 Å².